The van der Waals surface area contributed by atoms with E-state index in [1.807, 2.05) is 6.92 Å². The highest BCUT2D eigenvalue weighted by Gasteiger charge is 2.34. The molecule has 1 rings (SSSR count). The van der Waals surface area contributed by atoms with E-state index in [1.54, 1.807) is 0 Å². The first kappa shape index (κ1) is 30.5. The summed E-state index contributed by atoms with van der Waals surface area (Å²) < 4.78 is 5.48. The molecule has 1 aromatic rings. The number of nitrogens with zero attached hydrogens (tertiary/aromatic N) is 3. The van der Waals surface area contributed by atoms with E-state index < -0.39 is 62.0 Å². The number of ether oxygens (including phenoxy) is 1. The Morgan fingerprint density at radius 2 is 1.21 bits per heavy atom. The molecule has 0 aliphatic carbocycles. The van der Waals surface area contributed by atoms with Gasteiger partial charge in [-0.1, -0.05) is 6.92 Å². The predicted molar refractivity (Wildman–Crippen MR) is 116 cm³/mol. The Bertz CT molecular complexity index is 642. The molecule has 10 N–H and O–H groups in total. The minimum absolute atomic E-state index is 0.00205. The number of aryl methyl sites for hydroxylation is 1. The molecule has 0 saturated heterocycles. The second kappa shape index (κ2) is 15.4. The van der Waals surface area contributed by atoms with Gasteiger partial charge in [0.15, 0.2) is 0 Å². The number of aromatic nitrogens is 2. The molecule has 0 aliphatic heterocycles. The van der Waals surface area contributed by atoms with E-state index in [9.17, 15) is 40.9 Å². The molecule has 0 bridgehead atoms. The second-order valence-electron chi connectivity index (χ2n) is 7.90. The molecule has 8 atom stereocenters. The highest BCUT2D eigenvalue weighted by Crippen LogP contribution is 2.11. The van der Waals surface area contributed by atoms with Gasteiger partial charge in [0.1, 0.15) is 43.2 Å². The summed E-state index contributed by atoms with van der Waals surface area (Å²) in [5.41, 5.74) is 0.760. The van der Waals surface area contributed by atoms with Crippen LogP contribution in [0.1, 0.15) is 12.6 Å². The number of aliphatic hydroxyl groups excluding tert-OH is 10. The van der Waals surface area contributed by atoms with Gasteiger partial charge in [-0.05, 0) is 6.42 Å². The third-order valence-electron chi connectivity index (χ3n) is 5.24. The lowest BCUT2D eigenvalue weighted by molar-refractivity contribution is -0.130. The van der Waals surface area contributed by atoms with Gasteiger partial charge in [-0.15, -0.1) is 0 Å². The van der Waals surface area contributed by atoms with Crippen molar-refractivity contribution in [3.05, 3.63) is 18.1 Å². The van der Waals surface area contributed by atoms with Crippen LogP contribution in [0.4, 0.5) is 0 Å². The third-order valence-corrected chi connectivity index (χ3v) is 5.24. The first-order valence-electron chi connectivity index (χ1n) is 10.9. The molecule has 0 spiro atoms. The Hall–Kier alpha value is -1.56. The minimum atomic E-state index is -1.86. The van der Waals surface area contributed by atoms with E-state index >= 15 is 0 Å². The fourth-order valence-electron chi connectivity index (χ4n) is 3.01. The van der Waals surface area contributed by atoms with Crippen molar-refractivity contribution in [2.45, 2.75) is 62.2 Å². The van der Waals surface area contributed by atoms with Crippen molar-refractivity contribution in [1.29, 1.82) is 0 Å². The lowest BCUT2D eigenvalue weighted by atomic mass is 10.0. The number of rotatable bonds is 17. The highest BCUT2D eigenvalue weighted by atomic mass is 16.5. The summed E-state index contributed by atoms with van der Waals surface area (Å²) in [6.07, 6.45) is -10.5. The normalized spacial score (nSPS) is 19.2. The van der Waals surface area contributed by atoms with Crippen molar-refractivity contribution < 1.29 is 55.8 Å². The first-order chi connectivity index (χ1) is 16.0. The molecule has 0 radical (unpaired) electrons. The monoisotopic (exact) mass is 495 g/mol. The Morgan fingerprint density at radius 3 is 1.59 bits per heavy atom. The van der Waals surface area contributed by atoms with Crippen LogP contribution in [0.3, 0.4) is 0 Å². The average Bonchev–Trinajstić information content (AvgIpc) is 2.85. The zero-order valence-electron chi connectivity index (χ0n) is 18.9. The van der Waals surface area contributed by atoms with Gasteiger partial charge in [-0.25, -0.2) is 4.98 Å². The molecule has 14 nitrogen and oxygen atoms in total. The predicted octanol–water partition coefficient (Wildman–Crippen LogP) is -5.41. The molecule has 0 amide bonds. The molecule has 198 valence electrons. The molecule has 0 fully saturated rings. The molecule has 0 saturated carbocycles. The quantitative estimate of drug-likeness (QED) is 0.0970. The smallest absolute Gasteiger partial charge is 0.232 e. The van der Waals surface area contributed by atoms with Crippen LogP contribution in [0.25, 0.3) is 0 Å². The van der Waals surface area contributed by atoms with Gasteiger partial charge in [-0.2, -0.15) is 0 Å². The summed E-state index contributed by atoms with van der Waals surface area (Å²) in [6.45, 7) is -0.593. The van der Waals surface area contributed by atoms with E-state index in [4.69, 9.17) is 14.9 Å². The van der Waals surface area contributed by atoms with Gasteiger partial charge in [0.25, 0.3) is 0 Å². The maximum atomic E-state index is 10.3. The van der Waals surface area contributed by atoms with Gasteiger partial charge in [0.2, 0.25) is 5.88 Å². The van der Waals surface area contributed by atoms with Crippen LogP contribution in [0.15, 0.2) is 12.4 Å². The van der Waals surface area contributed by atoms with Crippen LogP contribution in [0.2, 0.25) is 0 Å². The second-order valence-corrected chi connectivity index (χ2v) is 7.90. The summed E-state index contributed by atoms with van der Waals surface area (Å²) in [6, 6.07) is 0. The van der Waals surface area contributed by atoms with Gasteiger partial charge in [0.05, 0.1) is 43.5 Å². The Balaban J connectivity index is 2.83. The van der Waals surface area contributed by atoms with E-state index in [1.165, 1.54) is 17.3 Å². The number of hydrogen-bond acceptors (Lipinski definition) is 14. The first-order valence-corrected chi connectivity index (χ1v) is 10.9. The molecule has 1 heterocycles. The van der Waals surface area contributed by atoms with E-state index in [0.29, 0.717) is 6.42 Å². The van der Waals surface area contributed by atoms with Crippen molar-refractivity contribution in [3.8, 4) is 5.88 Å². The Labute approximate surface area is 197 Å². The highest BCUT2D eigenvalue weighted by molar-refractivity contribution is 5.07. The van der Waals surface area contributed by atoms with Crippen molar-refractivity contribution in [3.63, 3.8) is 0 Å². The summed E-state index contributed by atoms with van der Waals surface area (Å²) >= 11 is 0. The fraction of sp³-hybridized carbons (Fsp3) is 0.800. The van der Waals surface area contributed by atoms with Gasteiger partial charge < -0.3 is 55.8 Å². The molecule has 0 aliphatic rings. The third kappa shape index (κ3) is 9.59. The number of hydrogen-bond donors (Lipinski definition) is 10. The maximum absolute atomic E-state index is 10.3. The van der Waals surface area contributed by atoms with Crippen LogP contribution in [0.5, 0.6) is 5.88 Å². The largest absolute Gasteiger partial charge is 0.475 e. The topological polar surface area (TPSA) is 241 Å². The average molecular weight is 496 g/mol. The molecule has 0 aromatic carbocycles. The van der Waals surface area contributed by atoms with Crippen LogP contribution < -0.4 is 4.74 Å². The zero-order chi connectivity index (χ0) is 25.8. The summed E-state index contributed by atoms with van der Waals surface area (Å²) in [5.74, 6) is 0.210. The van der Waals surface area contributed by atoms with E-state index in [0.717, 1.165) is 5.69 Å². The standard InChI is InChI=1S/C20H37N3O11/c1-2-11-5-22-16(6-21-11)34-4-3-23(7-12(26)17(30)19(32)14(28)9-24)8-13(27)18(31)20(33)15(29)10-25/h5-6,12-15,17-20,24-33H,2-4,7-10H2,1H3/t12-,13-,14+,15+,17+,18+,19+,20+/m0/s1. The Morgan fingerprint density at radius 1 is 0.735 bits per heavy atom. The van der Waals surface area contributed by atoms with Crippen LogP contribution in [0, 0.1) is 0 Å². The zero-order valence-corrected chi connectivity index (χ0v) is 18.9. The Kier molecular flexibility index (Phi) is 13.8. The molecule has 14 heteroatoms. The molecule has 1 aromatic heterocycles. The van der Waals surface area contributed by atoms with Crippen molar-refractivity contribution in [2.75, 3.05) is 39.5 Å². The SMILES string of the molecule is CCc1cnc(OCCN(C[C@H](O)[C@@H](O)[C@H](O)[C@H](O)CO)C[C@H](O)[C@@H](O)[C@H](O)[C@H](O)CO)cn1. The van der Waals surface area contributed by atoms with Crippen molar-refractivity contribution in [2.24, 2.45) is 0 Å². The maximum Gasteiger partial charge on any atom is 0.232 e. The summed E-state index contributed by atoms with van der Waals surface area (Å²) in [5, 5.41) is 97.1. The minimum Gasteiger partial charge on any atom is -0.475 e. The van der Waals surface area contributed by atoms with Crippen LogP contribution in [-0.2, 0) is 6.42 Å². The molecule has 0 unspecified atom stereocenters. The molecular formula is C20H37N3O11. The van der Waals surface area contributed by atoms with Crippen molar-refractivity contribution >= 4 is 0 Å². The van der Waals surface area contributed by atoms with Crippen LogP contribution in [-0.4, -0.2) is 154 Å². The molecule has 34 heavy (non-hydrogen) atoms. The molecular weight excluding hydrogens is 458 g/mol. The van der Waals surface area contributed by atoms with Gasteiger partial charge in [-0.3, -0.25) is 9.88 Å². The summed E-state index contributed by atoms with van der Waals surface area (Å²) in [4.78, 5) is 9.54. The van der Waals surface area contributed by atoms with E-state index in [-0.39, 0.29) is 32.1 Å². The van der Waals surface area contributed by atoms with Gasteiger partial charge >= 0.3 is 0 Å². The number of aliphatic hydroxyl groups is 10. The van der Waals surface area contributed by atoms with Gasteiger partial charge in [0, 0.05) is 19.6 Å². The van der Waals surface area contributed by atoms with Crippen LogP contribution >= 0.6 is 0 Å². The van der Waals surface area contributed by atoms with Crippen molar-refractivity contribution in [1.82, 2.24) is 14.9 Å². The lowest BCUT2D eigenvalue weighted by Gasteiger charge is -2.33. The lowest BCUT2D eigenvalue weighted by Crippen LogP contribution is -2.53. The fourth-order valence-corrected chi connectivity index (χ4v) is 3.01. The van der Waals surface area contributed by atoms with E-state index in [2.05, 4.69) is 9.97 Å². The summed E-state index contributed by atoms with van der Waals surface area (Å²) in [7, 11) is 0.